The predicted octanol–water partition coefficient (Wildman–Crippen LogP) is 4.52. The lowest BCUT2D eigenvalue weighted by Crippen LogP contribution is -2.40. The molecule has 168 valence electrons. The van der Waals surface area contributed by atoms with Crippen LogP contribution >= 0.6 is 0 Å². The first kappa shape index (κ1) is 22.3. The summed E-state index contributed by atoms with van der Waals surface area (Å²) in [4.78, 5) is 17.8. The molecule has 3 aromatic carbocycles. The fraction of sp³-hybridized carbons (Fsp3) is 0.346. The van der Waals surface area contributed by atoms with Gasteiger partial charge in [0.1, 0.15) is 0 Å². The van der Waals surface area contributed by atoms with Crippen molar-refractivity contribution in [1.82, 2.24) is 4.90 Å². The van der Waals surface area contributed by atoms with Gasteiger partial charge in [0.05, 0.1) is 11.5 Å². The highest BCUT2D eigenvalue weighted by atomic mass is 32.2. The van der Waals surface area contributed by atoms with Crippen LogP contribution in [0.15, 0.2) is 66.7 Å². The number of benzene rings is 3. The van der Waals surface area contributed by atoms with Crippen LogP contribution in [0.2, 0.25) is 0 Å². The lowest BCUT2D eigenvalue weighted by molar-refractivity contribution is 0.0683. The van der Waals surface area contributed by atoms with Gasteiger partial charge in [-0.3, -0.25) is 4.79 Å². The molecule has 0 unspecified atom stereocenters. The molecule has 1 atom stereocenters. The van der Waals surface area contributed by atoms with Crippen LogP contribution in [0.5, 0.6) is 0 Å². The number of carbonyl (C=O) groups excluding carboxylic acids is 1. The van der Waals surface area contributed by atoms with Gasteiger partial charge in [0.25, 0.3) is 5.91 Å². The third kappa shape index (κ3) is 4.65. The van der Waals surface area contributed by atoms with Crippen molar-refractivity contribution in [2.45, 2.75) is 32.9 Å². The van der Waals surface area contributed by atoms with Gasteiger partial charge in [-0.05, 0) is 54.8 Å². The van der Waals surface area contributed by atoms with Crippen LogP contribution in [0.4, 0.5) is 5.69 Å². The molecule has 3 aromatic rings. The van der Waals surface area contributed by atoms with E-state index in [9.17, 15) is 13.2 Å². The van der Waals surface area contributed by atoms with Gasteiger partial charge in [-0.1, -0.05) is 48.5 Å². The van der Waals surface area contributed by atoms with Crippen molar-refractivity contribution in [3.05, 3.63) is 77.9 Å². The van der Waals surface area contributed by atoms with Crippen LogP contribution in [0.3, 0.4) is 0 Å². The second-order valence-electron chi connectivity index (χ2n) is 8.36. The molecular formula is C26H30N2O3S. The average molecular weight is 451 g/mol. The van der Waals surface area contributed by atoms with E-state index in [0.717, 1.165) is 35.1 Å². The van der Waals surface area contributed by atoms with Gasteiger partial charge in [-0.2, -0.15) is 0 Å². The molecule has 1 aliphatic rings. The molecule has 1 aliphatic heterocycles. The number of anilines is 1. The van der Waals surface area contributed by atoms with E-state index < -0.39 is 9.84 Å². The monoisotopic (exact) mass is 450 g/mol. The molecule has 6 heteroatoms. The first-order valence-electron chi connectivity index (χ1n) is 11.2. The molecule has 1 heterocycles. The standard InChI is InChI=1S/C26H30N2O3S/c1-3-27(4-2)22-14-12-20(13-15-22)18-28(23-16-17-32(30,31)19-23)26(29)25-11-7-9-21-8-5-6-10-24(21)25/h5-15,23H,3-4,16-19H2,1-2H3/t23-/m1/s1. The molecule has 0 spiro atoms. The summed E-state index contributed by atoms with van der Waals surface area (Å²) in [6.07, 6.45) is 0.483. The molecule has 1 amide bonds. The number of hydrogen-bond acceptors (Lipinski definition) is 4. The molecule has 4 rings (SSSR count). The highest BCUT2D eigenvalue weighted by Crippen LogP contribution is 2.26. The van der Waals surface area contributed by atoms with Crippen molar-refractivity contribution in [1.29, 1.82) is 0 Å². The number of nitrogens with zero attached hydrogens (tertiary/aromatic N) is 2. The predicted molar refractivity (Wildman–Crippen MR) is 131 cm³/mol. The number of hydrogen-bond donors (Lipinski definition) is 0. The van der Waals surface area contributed by atoms with E-state index in [4.69, 9.17) is 0 Å². The summed E-state index contributed by atoms with van der Waals surface area (Å²) >= 11 is 0. The summed E-state index contributed by atoms with van der Waals surface area (Å²) in [5, 5.41) is 1.89. The minimum atomic E-state index is -3.12. The van der Waals surface area contributed by atoms with Crippen molar-refractivity contribution in [3.8, 4) is 0 Å². The maximum absolute atomic E-state index is 13.8. The topological polar surface area (TPSA) is 57.7 Å². The van der Waals surface area contributed by atoms with Gasteiger partial charge in [-0.25, -0.2) is 8.42 Å². The fourth-order valence-corrected chi connectivity index (χ4v) is 6.28. The summed E-state index contributed by atoms with van der Waals surface area (Å²) in [7, 11) is -3.12. The van der Waals surface area contributed by atoms with Gasteiger partial charge in [-0.15, -0.1) is 0 Å². The van der Waals surface area contributed by atoms with Crippen molar-refractivity contribution < 1.29 is 13.2 Å². The van der Waals surface area contributed by atoms with E-state index in [0.29, 0.717) is 18.5 Å². The zero-order chi connectivity index (χ0) is 22.7. The molecule has 0 N–H and O–H groups in total. The molecule has 1 saturated heterocycles. The van der Waals surface area contributed by atoms with Gasteiger partial charge in [0, 0.05) is 36.9 Å². The molecule has 0 saturated carbocycles. The van der Waals surface area contributed by atoms with Crippen LogP contribution in [0.25, 0.3) is 10.8 Å². The molecule has 5 nitrogen and oxygen atoms in total. The summed E-state index contributed by atoms with van der Waals surface area (Å²) in [6.45, 7) is 6.51. The fourth-order valence-electron chi connectivity index (χ4n) is 4.55. The van der Waals surface area contributed by atoms with Crippen LogP contribution < -0.4 is 4.90 Å². The van der Waals surface area contributed by atoms with Crippen LogP contribution in [0, 0.1) is 0 Å². The molecule has 0 bridgehead atoms. The third-order valence-corrected chi connectivity index (χ3v) is 8.10. The van der Waals surface area contributed by atoms with Crippen molar-refractivity contribution in [2.24, 2.45) is 0 Å². The Labute approximate surface area is 190 Å². The molecular weight excluding hydrogens is 420 g/mol. The second-order valence-corrected chi connectivity index (χ2v) is 10.6. The highest BCUT2D eigenvalue weighted by Gasteiger charge is 2.35. The summed E-state index contributed by atoms with van der Waals surface area (Å²) in [5.41, 5.74) is 2.76. The summed E-state index contributed by atoms with van der Waals surface area (Å²) in [5.74, 6) is 0.0514. The Morgan fingerprint density at radius 1 is 0.938 bits per heavy atom. The van der Waals surface area contributed by atoms with Gasteiger partial charge in [0.2, 0.25) is 0 Å². The quantitative estimate of drug-likeness (QED) is 0.531. The Hall–Kier alpha value is -2.86. The Kier molecular flexibility index (Phi) is 6.51. The number of fused-ring (bicyclic) bond motifs is 1. The van der Waals surface area contributed by atoms with E-state index in [1.54, 1.807) is 4.90 Å². The van der Waals surface area contributed by atoms with Crippen LogP contribution in [0.1, 0.15) is 36.2 Å². The Bertz CT molecular complexity index is 1200. The lowest BCUT2D eigenvalue weighted by atomic mass is 10.0. The van der Waals surface area contributed by atoms with E-state index in [1.165, 1.54) is 0 Å². The van der Waals surface area contributed by atoms with E-state index in [-0.39, 0.29) is 23.5 Å². The third-order valence-electron chi connectivity index (χ3n) is 6.35. The first-order valence-corrected chi connectivity index (χ1v) is 13.1. The normalized spacial score (nSPS) is 17.4. The molecule has 0 radical (unpaired) electrons. The van der Waals surface area contributed by atoms with Crippen molar-refractivity contribution in [3.63, 3.8) is 0 Å². The van der Waals surface area contributed by atoms with Gasteiger partial charge < -0.3 is 9.80 Å². The summed E-state index contributed by atoms with van der Waals surface area (Å²) < 4.78 is 24.4. The van der Waals surface area contributed by atoms with Crippen LogP contribution in [-0.4, -0.2) is 49.9 Å². The lowest BCUT2D eigenvalue weighted by Gasteiger charge is -2.29. The highest BCUT2D eigenvalue weighted by molar-refractivity contribution is 7.91. The maximum Gasteiger partial charge on any atom is 0.255 e. The van der Waals surface area contributed by atoms with Gasteiger partial charge in [0.15, 0.2) is 9.84 Å². The number of sulfone groups is 1. The largest absolute Gasteiger partial charge is 0.372 e. The molecule has 0 aromatic heterocycles. The van der Waals surface area contributed by atoms with Crippen molar-refractivity contribution >= 4 is 32.2 Å². The molecule has 1 fully saturated rings. The smallest absolute Gasteiger partial charge is 0.255 e. The maximum atomic E-state index is 13.8. The molecule has 0 aliphatic carbocycles. The molecule has 32 heavy (non-hydrogen) atoms. The SMILES string of the molecule is CCN(CC)c1ccc(CN(C(=O)c2cccc3ccccc23)[C@@H]2CCS(=O)(=O)C2)cc1. The average Bonchev–Trinajstić information content (AvgIpc) is 3.17. The minimum Gasteiger partial charge on any atom is -0.372 e. The van der Waals surface area contributed by atoms with E-state index >= 15 is 0 Å². The van der Waals surface area contributed by atoms with E-state index in [2.05, 4.69) is 30.9 Å². The first-order chi connectivity index (χ1) is 15.4. The number of carbonyl (C=O) groups is 1. The second kappa shape index (κ2) is 9.33. The Morgan fingerprint density at radius 2 is 1.62 bits per heavy atom. The Balaban J connectivity index is 1.67. The van der Waals surface area contributed by atoms with Gasteiger partial charge >= 0.3 is 0 Å². The summed E-state index contributed by atoms with van der Waals surface area (Å²) in [6, 6.07) is 21.5. The number of amides is 1. The van der Waals surface area contributed by atoms with E-state index in [1.807, 2.05) is 54.6 Å². The Morgan fingerprint density at radius 3 is 2.28 bits per heavy atom. The zero-order valence-electron chi connectivity index (χ0n) is 18.7. The minimum absolute atomic E-state index is 0.0288. The number of rotatable bonds is 7. The van der Waals surface area contributed by atoms with Crippen LogP contribution in [-0.2, 0) is 16.4 Å². The van der Waals surface area contributed by atoms with Crippen molar-refractivity contribution in [2.75, 3.05) is 29.5 Å². The zero-order valence-corrected chi connectivity index (χ0v) is 19.5.